The molecule has 0 saturated carbocycles. The van der Waals surface area contributed by atoms with Crippen molar-refractivity contribution in [2.45, 2.75) is 19.8 Å². The molecule has 0 aliphatic carbocycles. The molecule has 0 bridgehead atoms. The smallest absolute Gasteiger partial charge is 0.122 e. The van der Waals surface area contributed by atoms with Gasteiger partial charge in [-0.15, -0.1) is 0 Å². The van der Waals surface area contributed by atoms with Gasteiger partial charge in [0.15, 0.2) is 0 Å². The molecule has 0 unspecified atom stereocenters. The molecule has 1 nitrogen and oxygen atoms in total. The molecule has 0 aliphatic heterocycles. The number of allylic oxidation sites excluding steroid dienone is 4. The normalized spacial score (nSPS) is 12.0. The molecule has 0 rings (SSSR count). The van der Waals surface area contributed by atoms with Crippen LogP contribution in [0.2, 0.25) is 0 Å². The zero-order valence-electron chi connectivity index (χ0n) is 8.09. The molecule has 0 spiro atoms. The summed E-state index contributed by atoms with van der Waals surface area (Å²) in [6.07, 6.45) is 6.03. The second-order valence-corrected chi connectivity index (χ2v) is 2.66. The second kappa shape index (κ2) is 7.47. The van der Waals surface area contributed by atoms with Gasteiger partial charge in [-0.25, -0.2) is 4.39 Å². The van der Waals surface area contributed by atoms with Crippen molar-refractivity contribution in [2.75, 3.05) is 6.54 Å². The van der Waals surface area contributed by atoms with Crippen molar-refractivity contribution in [2.24, 2.45) is 4.99 Å². The van der Waals surface area contributed by atoms with Crippen molar-refractivity contribution in [3.05, 3.63) is 36.7 Å². The minimum Gasteiger partial charge on any atom is -0.298 e. The average Bonchev–Trinajstić information content (AvgIpc) is 2.12. The Bertz CT molecular complexity index is 226. The Kier molecular flexibility index (Phi) is 6.79. The molecule has 0 aliphatic rings. The molecular weight excluding hydrogens is 165 g/mol. The fourth-order valence-corrected chi connectivity index (χ4v) is 0.853. The van der Waals surface area contributed by atoms with Crippen LogP contribution in [0.4, 0.5) is 4.39 Å². The van der Waals surface area contributed by atoms with Crippen LogP contribution in [0.15, 0.2) is 41.7 Å². The summed E-state index contributed by atoms with van der Waals surface area (Å²) >= 11 is 0. The third-order valence-corrected chi connectivity index (χ3v) is 1.50. The van der Waals surface area contributed by atoms with Gasteiger partial charge in [-0.2, -0.15) is 0 Å². The van der Waals surface area contributed by atoms with Gasteiger partial charge in [0.05, 0.1) is 0 Å². The molecule has 0 aromatic rings. The highest BCUT2D eigenvalue weighted by molar-refractivity contribution is 5.53. The van der Waals surface area contributed by atoms with Crippen molar-refractivity contribution in [1.82, 2.24) is 0 Å². The Balaban J connectivity index is 3.69. The molecule has 0 saturated heterocycles. The molecule has 13 heavy (non-hydrogen) atoms. The van der Waals surface area contributed by atoms with Crippen LogP contribution < -0.4 is 0 Å². The minimum atomic E-state index is -0.330. The molecule has 2 heteroatoms. The van der Waals surface area contributed by atoms with Gasteiger partial charge in [-0.1, -0.05) is 18.7 Å². The Morgan fingerprint density at radius 1 is 1.54 bits per heavy atom. The van der Waals surface area contributed by atoms with Crippen LogP contribution in [0.25, 0.3) is 0 Å². The van der Waals surface area contributed by atoms with Gasteiger partial charge in [0, 0.05) is 6.54 Å². The van der Waals surface area contributed by atoms with Gasteiger partial charge < -0.3 is 0 Å². The van der Waals surface area contributed by atoms with Crippen LogP contribution >= 0.6 is 0 Å². The van der Waals surface area contributed by atoms with E-state index in [2.05, 4.69) is 18.2 Å². The lowest BCUT2D eigenvalue weighted by Crippen LogP contribution is -1.83. The van der Waals surface area contributed by atoms with Gasteiger partial charge in [0.2, 0.25) is 0 Å². The maximum absolute atomic E-state index is 12.6. The van der Waals surface area contributed by atoms with E-state index in [4.69, 9.17) is 0 Å². The monoisotopic (exact) mass is 181 g/mol. The van der Waals surface area contributed by atoms with E-state index in [1.165, 1.54) is 12.2 Å². The first kappa shape index (κ1) is 11.8. The fourth-order valence-electron chi connectivity index (χ4n) is 0.853. The van der Waals surface area contributed by atoms with Gasteiger partial charge in [-0.3, -0.25) is 4.99 Å². The number of rotatable bonds is 6. The summed E-state index contributed by atoms with van der Waals surface area (Å²) in [5.74, 6) is -0.330. The number of halogens is 1. The molecule has 0 N–H and O–H groups in total. The Morgan fingerprint density at radius 3 is 2.77 bits per heavy atom. The molecule has 0 aromatic carbocycles. The Morgan fingerprint density at radius 2 is 2.23 bits per heavy atom. The van der Waals surface area contributed by atoms with E-state index in [1.807, 2.05) is 6.92 Å². The summed E-state index contributed by atoms with van der Waals surface area (Å²) in [4.78, 5) is 4.04. The van der Waals surface area contributed by atoms with Gasteiger partial charge in [0.1, 0.15) is 5.83 Å². The molecule has 72 valence electrons. The summed E-state index contributed by atoms with van der Waals surface area (Å²) in [6.45, 7) is 9.70. The van der Waals surface area contributed by atoms with Crippen LogP contribution in [-0.2, 0) is 0 Å². The van der Waals surface area contributed by atoms with Crippen LogP contribution in [0.3, 0.4) is 0 Å². The highest BCUT2D eigenvalue weighted by Crippen LogP contribution is 2.08. The van der Waals surface area contributed by atoms with Crippen LogP contribution in [0.5, 0.6) is 0 Å². The predicted molar refractivity (Wildman–Crippen MR) is 56.8 cm³/mol. The quantitative estimate of drug-likeness (QED) is 0.338. The lowest BCUT2D eigenvalue weighted by molar-refractivity contribution is 0.664. The van der Waals surface area contributed by atoms with Crippen molar-refractivity contribution in [1.29, 1.82) is 0 Å². The first-order chi connectivity index (χ1) is 6.20. The zero-order valence-corrected chi connectivity index (χ0v) is 8.09. The van der Waals surface area contributed by atoms with Gasteiger partial charge in [0.25, 0.3) is 0 Å². The minimum absolute atomic E-state index is 0.330. The lowest BCUT2D eigenvalue weighted by Gasteiger charge is -1.97. The Hall–Kier alpha value is -1.18. The molecule has 0 radical (unpaired) electrons. The number of aliphatic imine (C=N–C) groups is 1. The molecule has 0 amide bonds. The summed E-state index contributed by atoms with van der Waals surface area (Å²) in [5.41, 5.74) is 0.781. The standard InChI is InChI=1S/C11H16FN/c1-4-11(12)9-10(3)7-6-8-13-5-2/h4-5,9H,1,3,6-8H2,2H3. The molecule has 0 heterocycles. The summed E-state index contributed by atoms with van der Waals surface area (Å²) in [7, 11) is 0. The van der Waals surface area contributed by atoms with E-state index >= 15 is 0 Å². The van der Waals surface area contributed by atoms with Crippen molar-refractivity contribution in [3.63, 3.8) is 0 Å². The third-order valence-electron chi connectivity index (χ3n) is 1.50. The highest BCUT2D eigenvalue weighted by Gasteiger charge is 1.92. The van der Waals surface area contributed by atoms with Gasteiger partial charge >= 0.3 is 0 Å². The maximum Gasteiger partial charge on any atom is 0.122 e. The van der Waals surface area contributed by atoms with E-state index in [0.717, 1.165) is 25.0 Å². The highest BCUT2D eigenvalue weighted by atomic mass is 19.1. The lowest BCUT2D eigenvalue weighted by atomic mass is 10.1. The van der Waals surface area contributed by atoms with E-state index in [1.54, 1.807) is 6.21 Å². The Labute approximate surface area is 79.4 Å². The molecular formula is C11H16FN. The zero-order chi connectivity index (χ0) is 10.1. The van der Waals surface area contributed by atoms with Crippen LogP contribution in [0.1, 0.15) is 19.8 Å². The topological polar surface area (TPSA) is 12.4 Å². The van der Waals surface area contributed by atoms with Gasteiger partial charge in [-0.05, 0) is 38.1 Å². The number of nitrogens with zero attached hydrogens (tertiary/aromatic N) is 1. The van der Waals surface area contributed by atoms with Crippen molar-refractivity contribution >= 4 is 6.21 Å². The average molecular weight is 181 g/mol. The number of hydrogen-bond donors (Lipinski definition) is 0. The predicted octanol–water partition coefficient (Wildman–Crippen LogP) is 3.45. The first-order valence-electron chi connectivity index (χ1n) is 4.32. The van der Waals surface area contributed by atoms with E-state index < -0.39 is 0 Å². The first-order valence-corrected chi connectivity index (χ1v) is 4.32. The number of hydrogen-bond acceptors (Lipinski definition) is 1. The fraction of sp³-hybridized carbons (Fsp3) is 0.364. The van der Waals surface area contributed by atoms with Crippen molar-refractivity contribution in [3.8, 4) is 0 Å². The van der Waals surface area contributed by atoms with Crippen molar-refractivity contribution < 1.29 is 4.39 Å². The van der Waals surface area contributed by atoms with E-state index in [-0.39, 0.29) is 5.83 Å². The van der Waals surface area contributed by atoms with E-state index in [9.17, 15) is 4.39 Å². The van der Waals surface area contributed by atoms with Crippen LogP contribution in [-0.4, -0.2) is 12.8 Å². The summed E-state index contributed by atoms with van der Waals surface area (Å²) < 4.78 is 12.6. The summed E-state index contributed by atoms with van der Waals surface area (Å²) in [6, 6.07) is 0. The third kappa shape index (κ3) is 7.19. The molecule has 0 fully saturated rings. The molecule has 0 aromatic heterocycles. The summed E-state index contributed by atoms with van der Waals surface area (Å²) in [5, 5.41) is 0. The van der Waals surface area contributed by atoms with E-state index in [0.29, 0.717) is 0 Å². The largest absolute Gasteiger partial charge is 0.298 e. The molecule has 0 atom stereocenters. The maximum atomic E-state index is 12.6. The van der Waals surface area contributed by atoms with Crippen LogP contribution in [0, 0.1) is 0 Å². The SMILES string of the molecule is C=CC(F)=CC(=C)CCCN=CC. The second-order valence-electron chi connectivity index (χ2n) is 2.66.